The van der Waals surface area contributed by atoms with Gasteiger partial charge in [0.1, 0.15) is 11.4 Å². The van der Waals surface area contributed by atoms with Crippen molar-refractivity contribution in [2.24, 2.45) is 17.3 Å². The lowest BCUT2D eigenvalue weighted by Gasteiger charge is -2.47. The molecule has 3 nitrogen and oxygen atoms in total. The maximum Gasteiger partial charge on any atom is 0.123 e. The van der Waals surface area contributed by atoms with Crippen LogP contribution in [0.4, 0.5) is 0 Å². The number of benzene rings is 1. The van der Waals surface area contributed by atoms with Gasteiger partial charge in [-0.05, 0) is 72.6 Å². The Labute approximate surface area is 124 Å². The van der Waals surface area contributed by atoms with Crippen LogP contribution in [-0.4, -0.2) is 22.4 Å². The molecule has 0 radical (unpaired) electrons. The second kappa shape index (κ2) is 3.64. The van der Waals surface area contributed by atoms with E-state index in [1.807, 2.05) is 6.07 Å². The van der Waals surface area contributed by atoms with Crippen LogP contribution >= 0.6 is 0 Å². The van der Waals surface area contributed by atoms with Crippen molar-refractivity contribution >= 4 is 0 Å². The molecule has 0 aromatic heterocycles. The van der Waals surface area contributed by atoms with Gasteiger partial charge in [0.15, 0.2) is 0 Å². The van der Waals surface area contributed by atoms with Crippen LogP contribution in [-0.2, 0) is 16.8 Å². The summed E-state index contributed by atoms with van der Waals surface area (Å²) in [4.78, 5) is 0. The monoisotopic (exact) mass is 286 g/mol. The molecule has 5 rings (SSSR count). The van der Waals surface area contributed by atoms with E-state index in [0.717, 1.165) is 32.1 Å². The van der Waals surface area contributed by atoms with Crippen LogP contribution in [0.1, 0.15) is 43.7 Å². The Hall–Kier alpha value is -1.06. The van der Waals surface area contributed by atoms with E-state index in [2.05, 4.69) is 13.0 Å². The van der Waals surface area contributed by atoms with Crippen LogP contribution in [0.25, 0.3) is 0 Å². The van der Waals surface area contributed by atoms with E-state index in [0.29, 0.717) is 17.6 Å². The summed E-state index contributed by atoms with van der Waals surface area (Å²) in [6.07, 6.45) is 5.31. The Morgan fingerprint density at radius 1 is 1.19 bits per heavy atom. The summed E-state index contributed by atoms with van der Waals surface area (Å²) < 4.78 is 6.29. The van der Waals surface area contributed by atoms with E-state index in [1.54, 1.807) is 6.07 Å². The highest BCUT2D eigenvalue weighted by molar-refractivity contribution is 5.46. The lowest BCUT2D eigenvalue weighted by atomic mass is 9.55. The molecule has 21 heavy (non-hydrogen) atoms. The van der Waals surface area contributed by atoms with Gasteiger partial charge in [-0.25, -0.2) is 0 Å². The molecule has 3 heteroatoms. The minimum atomic E-state index is -0.161. The molecule has 3 aliphatic carbocycles. The normalized spacial score (nSPS) is 49.8. The van der Waals surface area contributed by atoms with Crippen LogP contribution < -0.4 is 0 Å². The van der Waals surface area contributed by atoms with E-state index in [4.69, 9.17) is 4.74 Å². The Bertz CT molecular complexity index is 627. The second-order valence-electron chi connectivity index (χ2n) is 7.80. The fourth-order valence-corrected chi connectivity index (χ4v) is 5.94. The van der Waals surface area contributed by atoms with Gasteiger partial charge in [0.2, 0.25) is 0 Å². The summed E-state index contributed by atoms with van der Waals surface area (Å²) in [5, 5.41) is 20.2. The third kappa shape index (κ3) is 1.33. The first kappa shape index (κ1) is 12.5. The third-order valence-electron chi connectivity index (χ3n) is 7.01. The zero-order valence-corrected chi connectivity index (χ0v) is 12.4. The SMILES string of the molecule is CC12C[C@H]3O[C@@]34c3ccc(O)cc3CCC4C1CCC2O. The first-order valence-electron chi connectivity index (χ1n) is 8.24. The Morgan fingerprint density at radius 2 is 2.05 bits per heavy atom. The number of hydrogen-bond donors (Lipinski definition) is 2. The molecule has 4 aliphatic rings. The smallest absolute Gasteiger partial charge is 0.123 e. The highest BCUT2D eigenvalue weighted by Crippen LogP contribution is 2.71. The molecule has 2 saturated carbocycles. The molecule has 112 valence electrons. The lowest BCUT2D eigenvalue weighted by molar-refractivity contribution is -0.0185. The maximum absolute atomic E-state index is 10.5. The van der Waals surface area contributed by atoms with E-state index < -0.39 is 0 Å². The number of aliphatic hydroxyl groups excluding tert-OH is 1. The number of hydrogen-bond acceptors (Lipinski definition) is 3. The van der Waals surface area contributed by atoms with Crippen molar-refractivity contribution in [3.05, 3.63) is 29.3 Å². The van der Waals surface area contributed by atoms with Gasteiger partial charge in [-0.15, -0.1) is 0 Å². The van der Waals surface area contributed by atoms with Gasteiger partial charge in [-0.2, -0.15) is 0 Å². The van der Waals surface area contributed by atoms with E-state index in [-0.39, 0.29) is 23.2 Å². The number of phenols is 1. The number of epoxide rings is 1. The minimum Gasteiger partial charge on any atom is -0.508 e. The van der Waals surface area contributed by atoms with Crippen molar-refractivity contribution in [3.8, 4) is 5.75 Å². The topological polar surface area (TPSA) is 53.0 Å². The van der Waals surface area contributed by atoms with E-state index in [9.17, 15) is 10.2 Å². The molecule has 1 spiro atoms. The van der Waals surface area contributed by atoms with Crippen molar-refractivity contribution in [2.45, 2.75) is 56.8 Å². The maximum atomic E-state index is 10.5. The summed E-state index contributed by atoms with van der Waals surface area (Å²) in [6, 6.07) is 5.78. The van der Waals surface area contributed by atoms with Crippen molar-refractivity contribution in [1.29, 1.82) is 0 Å². The van der Waals surface area contributed by atoms with Crippen molar-refractivity contribution < 1.29 is 14.9 Å². The summed E-state index contributed by atoms with van der Waals surface area (Å²) in [6.45, 7) is 2.27. The molecule has 4 unspecified atom stereocenters. The quantitative estimate of drug-likeness (QED) is 0.721. The molecule has 1 aromatic rings. The zero-order chi connectivity index (χ0) is 14.4. The molecule has 1 aromatic carbocycles. The highest BCUT2D eigenvalue weighted by atomic mass is 16.6. The summed E-state index contributed by atoms with van der Waals surface area (Å²) >= 11 is 0. The first-order valence-corrected chi connectivity index (χ1v) is 8.24. The largest absolute Gasteiger partial charge is 0.508 e. The lowest BCUT2D eigenvalue weighted by Crippen LogP contribution is -2.48. The number of phenolic OH excluding ortho intramolecular Hbond substituents is 1. The number of ether oxygens (including phenoxy) is 1. The fraction of sp³-hybridized carbons (Fsp3) is 0.667. The van der Waals surface area contributed by atoms with Gasteiger partial charge >= 0.3 is 0 Å². The van der Waals surface area contributed by atoms with E-state index >= 15 is 0 Å². The van der Waals surface area contributed by atoms with Gasteiger partial charge in [-0.3, -0.25) is 0 Å². The molecule has 1 heterocycles. The van der Waals surface area contributed by atoms with E-state index in [1.165, 1.54) is 11.1 Å². The number of aryl methyl sites for hydroxylation is 1. The number of aliphatic hydroxyl groups is 1. The first-order chi connectivity index (χ1) is 10.1. The molecule has 2 N–H and O–H groups in total. The number of aromatic hydroxyl groups is 1. The average molecular weight is 286 g/mol. The van der Waals surface area contributed by atoms with Crippen LogP contribution in [0.3, 0.4) is 0 Å². The average Bonchev–Trinajstić information content (AvgIpc) is 3.07. The summed E-state index contributed by atoms with van der Waals surface area (Å²) in [5.74, 6) is 1.47. The molecule has 3 fully saturated rings. The fourth-order valence-electron chi connectivity index (χ4n) is 5.94. The Balaban J connectivity index is 1.63. The Morgan fingerprint density at radius 3 is 2.90 bits per heavy atom. The van der Waals surface area contributed by atoms with Crippen molar-refractivity contribution in [2.75, 3.05) is 0 Å². The standard InChI is InChI=1S/C18H22O3/c1-17-9-16-18(21-16)12-5-3-11(19)8-10(12)2-4-14(18)13(17)6-7-15(17)20/h3,5,8,13-16,19-20H,2,4,6-7,9H2,1H3/t13?,14?,15?,16-,17?,18-/m1/s1. The summed E-state index contributed by atoms with van der Waals surface area (Å²) in [7, 11) is 0. The predicted molar refractivity (Wildman–Crippen MR) is 77.9 cm³/mol. The molecule has 1 saturated heterocycles. The second-order valence-corrected chi connectivity index (χ2v) is 7.80. The molecule has 0 bridgehead atoms. The molecular formula is C18H22O3. The molecular weight excluding hydrogens is 264 g/mol. The minimum absolute atomic E-state index is 0.0454. The predicted octanol–water partition coefficient (Wildman–Crippen LogP) is 2.73. The van der Waals surface area contributed by atoms with Gasteiger partial charge < -0.3 is 14.9 Å². The number of rotatable bonds is 0. The van der Waals surface area contributed by atoms with Crippen LogP contribution in [0.5, 0.6) is 5.75 Å². The molecule has 1 aliphatic heterocycles. The van der Waals surface area contributed by atoms with Gasteiger partial charge in [0, 0.05) is 0 Å². The number of fused-ring (bicyclic) bond motifs is 3. The van der Waals surface area contributed by atoms with Gasteiger partial charge in [-0.1, -0.05) is 13.0 Å². The van der Waals surface area contributed by atoms with Crippen LogP contribution in [0.15, 0.2) is 18.2 Å². The highest BCUT2D eigenvalue weighted by Gasteiger charge is 2.73. The van der Waals surface area contributed by atoms with Crippen molar-refractivity contribution in [1.82, 2.24) is 0 Å². The Kier molecular flexibility index (Phi) is 2.16. The van der Waals surface area contributed by atoms with Gasteiger partial charge in [0.05, 0.1) is 12.2 Å². The third-order valence-corrected chi connectivity index (χ3v) is 7.01. The molecule has 0 amide bonds. The van der Waals surface area contributed by atoms with Crippen LogP contribution in [0.2, 0.25) is 0 Å². The summed E-state index contributed by atoms with van der Waals surface area (Å²) in [5.41, 5.74) is 2.51. The molecule has 6 atom stereocenters. The van der Waals surface area contributed by atoms with Crippen LogP contribution in [0, 0.1) is 17.3 Å². The zero-order valence-electron chi connectivity index (χ0n) is 12.4. The van der Waals surface area contributed by atoms with Gasteiger partial charge in [0.25, 0.3) is 0 Å². The van der Waals surface area contributed by atoms with Crippen molar-refractivity contribution in [3.63, 3.8) is 0 Å².